The number of hydrogen-bond donors (Lipinski definition) is 2. The lowest BCUT2D eigenvalue weighted by Gasteiger charge is -2.14. The summed E-state index contributed by atoms with van der Waals surface area (Å²) in [4.78, 5) is 0. The molecule has 0 saturated carbocycles. The predicted molar refractivity (Wildman–Crippen MR) is 116 cm³/mol. The van der Waals surface area contributed by atoms with E-state index in [0.717, 1.165) is 38.5 Å². The van der Waals surface area contributed by atoms with E-state index in [1.165, 1.54) is 64.2 Å². The van der Waals surface area contributed by atoms with E-state index in [9.17, 15) is 18.1 Å². The average Bonchev–Trinajstić information content (AvgIpc) is 2.59. The Morgan fingerprint density at radius 3 is 1.33 bits per heavy atom. The van der Waals surface area contributed by atoms with Gasteiger partial charge in [-0.25, -0.2) is 0 Å². The van der Waals surface area contributed by atoms with Gasteiger partial charge in [0.25, 0.3) is 10.1 Å². The van der Waals surface area contributed by atoms with E-state index in [-0.39, 0.29) is 6.10 Å². The van der Waals surface area contributed by atoms with E-state index < -0.39 is 15.4 Å². The van der Waals surface area contributed by atoms with E-state index in [4.69, 9.17) is 0 Å². The quantitative estimate of drug-likeness (QED) is 0.175. The highest BCUT2D eigenvalue weighted by atomic mass is 32.2. The summed E-state index contributed by atoms with van der Waals surface area (Å²) in [6.45, 7) is 4.02. The molecular weight excluding hydrogens is 360 g/mol. The molecular formula is C22H46O4S. The zero-order chi connectivity index (χ0) is 20.4. The lowest BCUT2D eigenvalue weighted by molar-refractivity contribution is 0.180. The molecule has 2 N–H and O–H groups in total. The van der Waals surface area contributed by atoms with Crippen LogP contribution in [-0.4, -0.2) is 29.4 Å². The van der Waals surface area contributed by atoms with Crippen LogP contribution in [0.15, 0.2) is 0 Å². The van der Waals surface area contributed by atoms with Gasteiger partial charge in [0.15, 0.2) is 0 Å². The Morgan fingerprint density at radius 1 is 0.630 bits per heavy atom. The van der Waals surface area contributed by atoms with Crippen LogP contribution in [0.4, 0.5) is 0 Å². The molecule has 0 aliphatic carbocycles. The standard InChI is InChI=1S/C22H46O4S/c1-3-4-5-6-7-8-9-10-11-12-13-16-19-22(27(24,25)26)20-17-14-15-18-21(2)23/h21-23H,3-20H2,1-2H3,(H,24,25,26). The van der Waals surface area contributed by atoms with Crippen LogP contribution < -0.4 is 0 Å². The Balaban J connectivity index is 3.63. The molecule has 0 aromatic heterocycles. The van der Waals surface area contributed by atoms with Gasteiger partial charge in [-0.3, -0.25) is 4.55 Å². The van der Waals surface area contributed by atoms with E-state index in [1.54, 1.807) is 6.92 Å². The van der Waals surface area contributed by atoms with Crippen molar-refractivity contribution in [3.63, 3.8) is 0 Å². The maximum atomic E-state index is 11.6. The van der Waals surface area contributed by atoms with Gasteiger partial charge in [-0.15, -0.1) is 0 Å². The van der Waals surface area contributed by atoms with Crippen molar-refractivity contribution < 1.29 is 18.1 Å². The summed E-state index contributed by atoms with van der Waals surface area (Å²) in [6.07, 6.45) is 19.3. The second-order valence-corrected chi connectivity index (χ2v) is 10.00. The van der Waals surface area contributed by atoms with Crippen LogP contribution in [0.2, 0.25) is 0 Å². The first-order chi connectivity index (χ1) is 12.9. The maximum absolute atomic E-state index is 11.6. The minimum atomic E-state index is -3.93. The average molecular weight is 407 g/mol. The van der Waals surface area contributed by atoms with Gasteiger partial charge >= 0.3 is 0 Å². The van der Waals surface area contributed by atoms with Crippen LogP contribution in [0.3, 0.4) is 0 Å². The van der Waals surface area contributed by atoms with E-state index in [0.29, 0.717) is 12.8 Å². The van der Waals surface area contributed by atoms with Gasteiger partial charge in [0.2, 0.25) is 0 Å². The summed E-state index contributed by atoms with van der Waals surface area (Å²) in [5.41, 5.74) is 0. The molecule has 0 radical (unpaired) electrons. The minimum Gasteiger partial charge on any atom is -0.393 e. The smallest absolute Gasteiger partial charge is 0.267 e. The summed E-state index contributed by atoms with van der Waals surface area (Å²) in [5, 5.41) is 8.63. The molecule has 0 aliphatic heterocycles. The van der Waals surface area contributed by atoms with Crippen LogP contribution in [0, 0.1) is 0 Å². The van der Waals surface area contributed by atoms with Crippen LogP contribution in [0.5, 0.6) is 0 Å². The second-order valence-electron chi connectivity index (χ2n) is 8.30. The highest BCUT2D eigenvalue weighted by Crippen LogP contribution is 2.19. The first-order valence-electron chi connectivity index (χ1n) is 11.5. The van der Waals surface area contributed by atoms with Crippen molar-refractivity contribution in [1.29, 1.82) is 0 Å². The Morgan fingerprint density at radius 2 is 0.963 bits per heavy atom. The van der Waals surface area contributed by atoms with E-state index >= 15 is 0 Å². The maximum Gasteiger partial charge on any atom is 0.267 e. The molecule has 0 heterocycles. The van der Waals surface area contributed by atoms with Crippen LogP contribution in [0.1, 0.15) is 129 Å². The molecule has 5 heteroatoms. The Hall–Kier alpha value is -0.130. The molecule has 0 aromatic carbocycles. The van der Waals surface area contributed by atoms with Gasteiger partial charge in [0, 0.05) is 0 Å². The van der Waals surface area contributed by atoms with Crippen molar-refractivity contribution in [1.82, 2.24) is 0 Å². The molecule has 0 aliphatic rings. The predicted octanol–water partition coefficient (Wildman–Crippen LogP) is 6.67. The van der Waals surface area contributed by atoms with Gasteiger partial charge in [0.1, 0.15) is 0 Å². The van der Waals surface area contributed by atoms with Gasteiger partial charge in [-0.2, -0.15) is 8.42 Å². The van der Waals surface area contributed by atoms with Crippen LogP contribution >= 0.6 is 0 Å². The number of unbranched alkanes of at least 4 members (excludes halogenated alkanes) is 13. The molecule has 0 bridgehead atoms. The first-order valence-corrected chi connectivity index (χ1v) is 13.0. The third-order valence-corrected chi connectivity index (χ3v) is 6.76. The van der Waals surface area contributed by atoms with Gasteiger partial charge < -0.3 is 5.11 Å². The summed E-state index contributed by atoms with van der Waals surface area (Å²) < 4.78 is 32.5. The van der Waals surface area contributed by atoms with Crippen molar-refractivity contribution in [2.24, 2.45) is 0 Å². The molecule has 2 unspecified atom stereocenters. The molecule has 0 fully saturated rings. The Bertz CT molecular complexity index is 407. The molecule has 4 nitrogen and oxygen atoms in total. The van der Waals surface area contributed by atoms with Crippen molar-refractivity contribution in [3.05, 3.63) is 0 Å². The van der Waals surface area contributed by atoms with Gasteiger partial charge in [0.05, 0.1) is 11.4 Å². The SMILES string of the molecule is CCCCCCCCCCCCCCC(CCCCCC(C)O)S(=O)(=O)O. The lowest BCUT2D eigenvalue weighted by Crippen LogP contribution is -2.20. The zero-order valence-electron chi connectivity index (χ0n) is 18.0. The summed E-state index contributed by atoms with van der Waals surface area (Å²) in [5.74, 6) is 0. The zero-order valence-corrected chi connectivity index (χ0v) is 18.8. The first kappa shape index (κ1) is 26.9. The van der Waals surface area contributed by atoms with Gasteiger partial charge in [-0.05, 0) is 26.2 Å². The molecule has 0 amide bonds. The van der Waals surface area contributed by atoms with Crippen molar-refractivity contribution in [3.8, 4) is 0 Å². The van der Waals surface area contributed by atoms with Gasteiger partial charge in [-0.1, -0.05) is 103 Å². The number of aliphatic hydroxyl groups excluding tert-OH is 1. The number of hydrogen-bond acceptors (Lipinski definition) is 3. The van der Waals surface area contributed by atoms with Crippen LogP contribution in [-0.2, 0) is 10.1 Å². The fourth-order valence-corrected chi connectivity index (χ4v) is 4.57. The number of aliphatic hydroxyl groups is 1. The van der Waals surface area contributed by atoms with Crippen molar-refractivity contribution >= 4 is 10.1 Å². The van der Waals surface area contributed by atoms with Crippen molar-refractivity contribution in [2.45, 2.75) is 141 Å². The lowest BCUT2D eigenvalue weighted by atomic mass is 10.0. The van der Waals surface area contributed by atoms with Crippen LogP contribution in [0.25, 0.3) is 0 Å². The second kappa shape index (κ2) is 17.9. The molecule has 0 spiro atoms. The highest BCUT2D eigenvalue weighted by molar-refractivity contribution is 7.86. The third kappa shape index (κ3) is 19.0. The fraction of sp³-hybridized carbons (Fsp3) is 1.00. The Labute approximate surface area is 169 Å². The molecule has 164 valence electrons. The largest absolute Gasteiger partial charge is 0.393 e. The Kier molecular flexibility index (Phi) is 17.8. The topological polar surface area (TPSA) is 74.6 Å². The molecule has 27 heavy (non-hydrogen) atoms. The highest BCUT2D eigenvalue weighted by Gasteiger charge is 2.21. The molecule has 0 aromatic rings. The fourth-order valence-electron chi connectivity index (χ4n) is 3.64. The molecule has 2 atom stereocenters. The third-order valence-electron chi connectivity index (χ3n) is 5.45. The molecule has 0 rings (SSSR count). The van der Waals surface area contributed by atoms with E-state index in [2.05, 4.69) is 6.92 Å². The monoisotopic (exact) mass is 406 g/mol. The summed E-state index contributed by atoms with van der Waals surface area (Å²) in [6, 6.07) is 0. The summed E-state index contributed by atoms with van der Waals surface area (Å²) in [7, 11) is -3.93. The normalized spacial score (nSPS) is 14.4. The van der Waals surface area contributed by atoms with E-state index in [1.807, 2.05) is 0 Å². The summed E-state index contributed by atoms with van der Waals surface area (Å²) >= 11 is 0. The number of rotatable bonds is 20. The minimum absolute atomic E-state index is 0.288. The molecule has 0 saturated heterocycles. The van der Waals surface area contributed by atoms with Crippen molar-refractivity contribution in [2.75, 3.05) is 0 Å².